The van der Waals surface area contributed by atoms with Crippen molar-refractivity contribution in [1.82, 2.24) is 0 Å². The average Bonchev–Trinajstić information content (AvgIpc) is 2.05. The standard InChI is InChI=1S/C10H22OS2/c1-5-12-9(3)7-11-8-10(4)13-6-2/h9-10H,5-8H2,1-4H3/t9-,10-/m1/s1. The van der Waals surface area contributed by atoms with Crippen molar-refractivity contribution in [2.24, 2.45) is 0 Å². The second kappa shape index (κ2) is 9.22. The summed E-state index contributed by atoms with van der Waals surface area (Å²) in [5.41, 5.74) is 0. The van der Waals surface area contributed by atoms with Gasteiger partial charge in [-0.05, 0) is 11.5 Å². The Morgan fingerprint density at radius 3 is 1.62 bits per heavy atom. The first-order valence-corrected chi connectivity index (χ1v) is 7.11. The zero-order valence-corrected chi connectivity index (χ0v) is 10.8. The van der Waals surface area contributed by atoms with Gasteiger partial charge in [-0.1, -0.05) is 27.7 Å². The molecular weight excluding hydrogens is 200 g/mol. The van der Waals surface area contributed by atoms with Crippen LogP contribution >= 0.6 is 23.5 Å². The third-order valence-corrected chi connectivity index (χ3v) is 3.68. The molecule has 80 valence electrons. The van der Waals surface area contributed by atoms with Crippen molar-refractivity contribution in [1.29, 1.82) is 0 Å². The molecule has 1 nitrogen and oxygen atoms in total. The lowest BCUT2D eigenvalue weighted by atomic mass is 10.5. The molecule has 0 N–H and O–H groups in total. The zero-order valence-electron chi connectivity index (χ0n) is 9.21. The van der Waals surface area contributed by atoms with Gasteiger partial charge >= 0.3 is 0 Å². The predicted molar refractivity (Wildman–Crippen MR) is 66.0 cm³/mol. The highest BCUT2D eigenvalue weighted by Gasteiger charge is 2.04. The molecule has 0 aromatic carbocycles. The largest absolute Gasteiger partial charge is 0.379 e. The quantitative estimate of drug-likeness (QED) is 0.624. The Morgan fingerprint density at radius 2 is 1.31 bits per heavy atom. The van der Waals surface area contributed by atoms with Gasteiger partial charge in [0.05, 0.1) is 13.2 Å². The molecule has 0 bridgehead atoms. The van der Waals surface area contributed by atoms with E-state index in [0.29, 0.717) is 10.5 Å². The van der Waals surface area contributed by atoms with Gasteiger partial charge in [-0.15, -0.1) is 0 Å². The monoisotopic (exact) mass is 222 g/mol. The second-order valence-electron chi connectivity index (χ2n) is 3.07. The summed E-state index contributed by atoms with van der Waals surface area (Å²) in [5, 5.41) is 1.28. The van der Waals surface area contributed by atoms with Crippen molar-refractivity contribution < 1.29 is 4.74 Å². The van der Waals surface area contributed by atoms with E-state index in [4.69, 9.17) is 4.74 Å². The highest BCUT2D eigenvalue weighted by molar-refractivity contribution is 8.00. The number of hydrogen-bond donors (Lipinski definition) is 0. The van der Waals surface area contributed by atoms with E-state index in [9.17, 15) is 0 Å². The van der Waals surface area contributed by atoms with E-state index in [1.165, 1.54) is 11.5 Å². The van der Waals surface area contributed by atoms with Crippen molar-refractivity contribution in [3.63, 3.8) is 0 Å². The Morgan fingerprint density at radius 1 is 0.923 bits per heavy atom. The van der Waals surface area contributed by atoms with Gasteiger partial charge in [0.1, 0.15) is 0 Å². The third kappa shape index (κ3) is 8.98. The van der Waals surface area contributed by atoms with Gasteiger partial charge in [0.2, 0.25) is 0 Å². The minimum absolute atomic E-state index is 0.642. The average molecular weight is 222 g/mol. The molecule has 0 aromatic rings. The van der Waals surface area contributed by atoms with Crippen LogP contribution < -0.4 is 0 Å². The highest BCUT2D eigenvalue weighted by atomic mass is 32.2. The molecule has 0 heterocycles. The van der Waals surface area contributed by atoms with Crippen molar-refractivity contribution in [2.75, 3.05) is 24.7 Å². The van der Waals surface area contributed by atoms with E-state index >= 15 is 0 Å². The first-order valence-electron chi connectivity index (χ1n) is 5.01. The summed E-state index contributed by atoms with van der Waals surface area (Å²) in [5.74, 6) is 2.37. The molecule has 13 heavy (non-hydrogen) atoms. The molecule has 0 aliphatic rings. The van der Waals surface area contributed by atoms with Crippen molar-refractivity contribution in [3.05, 3.63) is 0 Å². The smallest absolute Gasteiger partial charge is 0.0582 e. The summed E-state index contributed by atoms with van der Waals surface area (Å²) in [6.45, 7) is 10.6. The Balaban J connectivity index is 3.23. The van der Waals surface area contributed by atoms with E-state index < -0.39 is 0 Å². The van der Waals surface area contributed by atoms with Gasteiger partial charge in [-0.2, -0.15) is 23.5 Å². The van der Waals surface area contributed by atoms with Crippen LogP contribution in [0.3, 0.4) is 0 Å². The normalized spacial score (nSPS) is 15.7. The van der Waals surface area contributed by atoms with Crippen molar-refractivity contribution in [3.8, 4) is 0 Å². The van der Waals surface area contributed by atoms with Gasteiger partial charge in [0.15, 0.2) is 0 Å². The first kappa shape index (κ1) is 13.7. The first-order chi connectivity index (χ1) is 6.20. The fourth-order valence-corrected chi connectivity index (χ4v) is 2.59. The van der Waals surface area contributed by atoms with Crippen LogP contribution in [0.1, 0.15) is 27.7 Å². The number of rotatable bonds is 8. The Hall–Kier alpha value is 0.660. The topological polar surface area (TPSA) is 9.23 Å². The van der Waals surface area contributed by atoms with Crippen LogP contribution in [0.15, 0.2) is 0 Å². The molecular formula is C10H22OS2. The molecule has 0 rings (SSSR count). The van der Waals surface area contributed by atoms with Gasteiger partial charge in [0, 0.05) is 10.5 Å². The molecule has 0 aromatic heterocycles. The summed E-state index contributed by atoms with van der Waals surface area (Å²) in [4.78, 5) is 0. The Labute approximate surface area is 91.4 Å². The second-order valence-corrected chi connectivity index (χ2v) is 6.50. The Bertz CT molecular complexity index is 97.1. The molecule has 0 saturated carbocycles. The maximum atomic E-state index is 5.62. The zero-order chi connectivity index (χ0) is 10.1. The molecule has 0 radical (unpaired) electrons. The van der Waals surface area contributed by atoms with Gasteiger partial charge < -0.3 is 4.74 Å². The number of ether oxygens (including phenoxy) is 1. The molecule has 0 spiro atoms. The van der Waals surface area contributed by atoms with Crippen LogP contribution in [0.2, 0.25) is 0 Å². The lowest BCUT2D eigenvalue weighted by molar-refractivity contribution is 0.141. The molecule has 0 amide bonds. The van der Waals surface area contributed by atoms with E-state index in [0.717, 1.165) is 13.2 Å². The van der Waals surface area contributed by atoms with E-state index in [1.807, 2.05) is 23.5 Å². The van der Waals surface area contributed by atoms with Crippen LogP contribution in [0.5, 0.6) is 0 Å². The van der Waals surface area contributed by atoms with Crippen LogP contribution in [0.4, 0.5) is 0 Å². The molecule has 0 aliphatic heterocycles. The summed E-state index contributed by atoms with van der Waals surface area (Å²) >= 11 is 3.93. The van der Waals surface area contributed by atoms with E-state index in [1.54, 1.807) is 0 Å². The SMILES string of the molecule is CCS[C@H](C)COC[C@@H](C)SCC. The fraction of sp³-hybridized carbons (Fsp3) is 1.00. The minimum Gasteiger partial charge on any atom is -0.379 e. The molecule has 0 aliphatic carbocycles. The van der Waals surface area contributed by atoms with Crippen LogP contribution in [0.25, 0.3) is 0 Å². The summed E-state index contributed by atoms with van der Waals surface area (Å²) in [7, 11) is 0. The number of thioether (sulfide) groups is 2. The van der Waals surface area contributed by atoms with Crippen LogP contribution in [-0.4, -0.2) is 35.2 Å². The Kier molecular flexibility index (Phi) is 9.69. The lowest BCUT2D eigenvalue weighted by Crippen LogP contribution is -2.14. The number of hydrogen-bond acceptors (Lipinski definition) is 3. The molecule has 0 unspecified atom stereocenters. The fourth-order valence-electron chi connectivity index (χ4n) is 1.07. The van der Waals surface area contributed by atoms with Gasteiger partial charge in [-0.3, -0.25) is 0 Å². The van der Waals surface area contributed by atoms with Crippen molar-refractivity contribution in [2.45, 2.75) is 38.2 Å². The molecule has 2 atom stereocenters. The van der Waals surface area contributed by atoms with Crippen LogP contribution in [0, 0.1) is 0 Å². The molecule has 3 heteroatoms. The van der Waals surface area contributed by atoms with Crippen molar-refractivity contribution >= 4 is 23.5 Å². The minimum atomic E-state index is 0.642. The molecule has 0 saturated heterocycles. The summed E-state index contributed by atoms with van der Waals surface area (Å²) in [6, 6.07) is 0. The predicted octanol–water partition coefficient (Wildman–Crippen LogP) is 3.29. The van der Waals surface area contributed by atoms with Gasteiger partial charge in [-0.25, -0.2) is 0 Å². The van der Waals surface area contributed by atoms with Crippen LogP contribution in [-0.2, 0) is 4.74 Å². The van der Waals surface area contributed by atoms with Gasteiger partial charge in [0.25, 0.3) is 0 Å². The van der Waals surface area contributed by atoms with E-state index in [2.05, 4.69) is 27.7 Å². The third-order valence-electron chi connectivity index (χ3n) is 1.61. The maximum absolute atomic E-state index is 5.62. The maximum Gasteiger partial charge on any atom is 0.0582 e. The lowest BCUT2D eigenvalue weighted by Gasteiger charge is -2.13. The summed E-state index contributed by atoms with van der Waals surface area (Å²) in [6.07, 6.45) is 0. The molecule has 0 fully saturated rings. The highest BCUT2D eigenvalue weighted by Crippen LogP contribution is 2.12. The van der Waals surface area contributed by atoms with E-state index in [-0.39, 0.29) is 0 Å². The summed E-state index contributed by atoms with van der Waals surface area (Å²) < 4.78 is 5.62.